The normalized spacial score (nSPS) is 23.0. The molecule has 23 heavy (non-hydrogen) atoms. The molecule has 1 atom stereocenters. The third kappa shape index (κ3) is 7.06. The second-order valence-corrected chi connectivity index (χ2v) is 6.02. The van der Waals surface area contributed by atoms with E-state index in [2.05, 4.69) is 20.9 Å². The van der Waals surface area contributed by atoms with E-state index in [1.165, 1.54) is 4.90 Å². The number of aliphatic imine (C=N–C) groups is 1. The number of likely N-dealkylation sites (tertiary alicyclic amines) is 1. The van der Waals surface area contributed by atoms with Gasteiger partial charge >= 0.3 is 6.18 Å². The molecular formula is C14H24F3N5O. The molecule has 0 aromatic carbocycles. The predicted octanol–water partition coefficient (Wildman–Crippen LogP) is 0.457. The third-order valence-corrected chi connectivity index (χ3v) is 3.68. The molecule has 1 unspecified atom stereocenters. The van der Waals surface area contributed by atoms with Crippen molar-refractivity contribution in [2.75, 3.05) is 32.7 Å². The Hall–Kier alpha value is -1.51. The lowest BCUT2D eigenvalue weighted by molar-refractivity contribution is -0.143. The molecule has 6 nitrogen and oxygen atoms in total. The van der Waals surface area contributed by atoms with E-state index in [1.807, 2.05) is 6.92 Å². The molecule has 3 N–H and O–H groups in total. The molecule has 1 amide bonds. The van der Waals surface area contributed by atoms with E-state index in [0.717, 1.165) is 12.8 Å². The minimum absolute atomic E-state index is 0.0187. The van der Waals surface area contributed by atoms with Crippen LogP contribution in [0.1, 0.15) is 26.2 Å². The maximum absolute atomic E-state index is 12.4. The van der Waals surface area contributed by atoms with Crippen molar-refractivity contribution in [2.24, 2.45) is 4.99 Å². The van der Waals surface area contributed by atoms with Crippen LogP contribution in [-0.2, 0) is 4.79 Å². The van der Waals surface area contributed by atoms with Crippen LogP contribution in [-0.4, -0.2) is 67.8 Å². The summed E-state index contributed by atoms with van der Waals surface area (Å²) in [5, 5.41) is 8.96. The van der Waals surface area contributed by atoms with Crippen LogP contribution in [0.2, 0.25) is 0 Å². The van der Waals surface area contributed by atoms with Gasteiger partial charge in [-0.05, 0) is 26.2 Å². The summed E-state index contributed by atoms with van der Waals surface area (Å²) < 4.78 is 37.2. The van der Waals surface area contributed by atoms with Crippen molar-refractivity contribution in [1.82, 2.24) is 20.9 Å². The molecule has 0 bridgehead atoms. The van der Waals surface area contributed by atoms with Crippen molar-refractivity contribution in [3.8, 4) is 0 Å². The molecule has 2 fully saturated rings. The standard InChI is InChI=1S/C14H24F3N5O/c1-2-18-13(19-7-12(23)20-10-3-4-10)21-11-5-6-22(8-11)9-14(15,16)17/h10-11H,2-9H2,1H3,(H,20,23)(H2,18,19,21). The van der Waals surface area contributed by atoms with Crippen LogP contribution in [0.5, 0.6) is 0 Å². The third-order valence-electron chi connectivity index (χ3n) is 3.68. The summed E-state index contributed by atoms with van der Waals surface area (Å²) in [7, 11) is 0. The van der Waals surface area contributed by atoms with Gasteiger partial charge in [-0.15, -0.1) is 0 Å². The molecule has 1 heterocycles. The maximum Gasteiger partial charge on any atom is 0.401 e. The average molecular weight is 335 g/mol. The second-order valence-electron chi connectivity index (χ2n) is 6.02. The van der Waals surface area contributed by atoms with Gasteiger partial charge in [0.05, 0.1) is 6.54 Å². The zero-order valence-electron chi connectivity index (χ0n) is 13.2. The van der Waals surface area contributed by atoms with Crippen molar-refractivity contribution in [2.45, 2.75) is 44.4 Å². The number of carbonyl (C=O) groups excluding carboxylic acids is 1. The summed E-state index contributed by atoms with van der Waals surface area (Å²) in [6, 6.07) is 0.195. The van der Waals surface area contributed by atoms with Crippen LogP contribution < -0.4 is 16.0 Å². The lowest BCUT2D eigenvalue weighted by Crippen LogP contribution is -2.45. The van der Waals surface area contributed by atoms with E-state index < -0.39 is 12.7 Å². The molecule has 1 aliphatic heterocycles. The van der Waals surface area contributed by atoms with E-state index in [0.29, 0.717) is 38.1 Å². The summed E-state index contributed by atoms with van der Waals surface area (Å²) >= 11 is 0. The van der Waals surface area contributed by atoms with Crippen molar-refractivity contribution in [3.05, 3.63) is 0 Å². The first-order chi connectivity index (χ1) is 10.9. The Labute approximate surface area is 133 Å². The van der Waals surface area contributed by atoms with Crippen LogP contribution in [0.3, 0.4) is 0 Å². The summed E-state index contributed by atoms with van der Waals surface area (Å²) in [6.45, 7) is 2.37. The summed E-state index contributed by atoms with van der Waals surface area (Å²) in [5.41, 5.74) is 0. The fourth-order valence-electron chi connectivity index (χ4n) is 2.51. The number of rotatable bonds is 6. The molecule has 0 radical (unpaired) electrons. The molecular weight excluding hydrogens is 311 g/mol. The zero-order chi connectivity index (χ0) is 16.9. The zero-order valence-corrected chi connectivity index (χ0v) is 13.2. The largest absolute Gasteiger partial charge is 0.401 e. The molecule has 1 aliphatic carbocycles. The topological polar surface area (TPSA) is 68.8 Å². The highest BCUT2D eigenvalue weighted by molar-refractivity contribution is 5.85. The average Bonchev–Trinajstić information content (AvgIpc) is 3.14. The van der Waals surface area contributed by atoms with Crippen LogP contribution in [0.25, 0.3) is 0 Å². The number of nitrogens with one attached hydrogen (secondary N) is 3. The summed E-state index contributed by atoms with van der Waals surface area (Å²) in [4.78, 5) is 17.2. The number of nitrogens with zero attached hydrogens (tertiary/aromatic N) is 2. The van der Waals surface area contributed by atoms with Gasteiger partial charge in [0.2, 0.25) is 5.91 Å². The Balaban J connectivity index is 1.78. The maximum atomic E-state index is 12.4. The highest BCUT2D eigenvalue weighted by Crippen LogP contribution is 2.20. The molecule has 1 saturated carbocycles. The van der Waals surface area contributed by atoms with Gasteiger partial charge in [0.25, 0.3) is 0 Å². The Kier molecular flexibility index (Phi) is 6.09. The van der Waals surface area contributed by atoms with Gasteiger partial charge in [-0.1, -0.05) is 0 Å². The van der Waals surface area contributed by atoms with Gasteiger partial charge in [-0.3, -0.25) is 9.69 Å². The van der Waals surface area contributed by atoms with E-state index >= 15 is 0 Å². The van der Waals surface area contributed by atoms with E-state index in [1.54, 1.807) is 0 Å². The first-order valence-electron chi connectivity index (χ1n) is 7.99. The SMILES string of the molecule is CCNC(=NCC(=O)NC1CC1)NC1CCN(CC(F)(F)F)C1. The molecule has 0 spiro atoms. The van der Waals surface area contributed by atoms with Crippen LogP contribution in [0.15, 0.2) is 4.99 Å². The number of halogens is 3. The van der Waals surface area contributed by atoms with E-state index in [-0.39, 0.29) is 18.5 Å². The minimum atomic E-state index is -4.17. The smallest absolute Gasteiger partial charge is 0.357 e. The number of alkyl halides is 3. The Morgan fingerprint density at radius 2 is 1.96 bits per heavy atom. The molecule has 2 aliphatic rings. The summed E-state index contributed by atoms with van der Waals surface area (Å²) in [5.74, 6) is 0.340. The van der Waals surface area contributed by atoms with Gasteiger partial charge in [-0.2, -0.15) is 13.2 Å². The molecule has 9 heteroatoms. The van der Waals surface area contributed by atoms with Crippen molar-refractivity contribution < 1.29 is 18.0 Å². The highest BCUT2D eigenvalue weighted by atomic mass is 19.4. The van der Waals surface area contributed by atoms with Crippen molar-refractivity contribution >= 4 is 11.9 Å². The predicted molar refractivity (Wildman–Crippen MR) is 81.2 cm³/mol. The molecule has 2 rings (SSSR count). The lowest BCUT2D eigenvalue weighted by Gasteiger charge is -2.19. The molecule has 1 saturated heterocycles. The highest BCUT2D eigenvalue weighted by Gasteiger charge is 2.34. The van der Waals surface area contributed by atoms with E-state index in [4.69, 9.17) is 0 Å². The van der Waals surface area contributed by atoms with Crippen LogP contribution in [0, 0.1) is 0 Å². The lowest BCUT2D eigenvalue weighted by atomic mass is 10.3. The number of hydrogen-bond acceptors (Lipinski definition) is 3. The Morgan fingerprint density at radius 3 is 2.57 bits per heavy atom. The van der Waals surface area contributed by atoms with Crippen molar-refractivity contribution in [1.29, 1.82) is 0 Å². The number of amides is 1. The van der Waals surface area contributed by atoms with Crippen LogP contribution >= 0.6 is 0 Å². The first-order valence-corrected chi connectivity index (χ1v) is 7.99. The Morgan fingerprint density at radius 1 is 1.22 bits per heavy atom. The number of guanidine groups is 1. The molecule has 0 aromatic rings. The monoisotopic (exact) mass is 335 g/mol. The minimum Gasteiger partial charge on any atom is -0.357 e. The van der Waals surface area contributed by atoms with Gasteiger partial charge in [0.1, 0.15) is 6.54 Å². The quantitative estimate of drug-likeness (QED) is 0.487. The number of hydrogen-bond donors (Lipinski definition) is 3. The first kappa shape index (κ1) is 17.8. The van der Waals surface area contributed by atoms with E-state index in [9.17, 15) is 18.0 Å². The Bertz CT molecular complexity index is 437. The summed E-state index contributed by atoms with van der Waals surface area (Å²) in [6.07, 6.45) is -1.51. The van der Waals surface area contributed by atoms with Gasteiger partial charge < -0.3 is 16.0 Å². The number of carbonyl (C=O) groups is 1. The fraction of sp³-hybridized carbons (Fsp3) is 0.857. The second kappa shape index (κ2) is 7.85. The molecule has 132 valence electrons. The van der Waals surface area contributed by atoms with Gasteiger partial charge in [0.15, 0.2) is 5.96 Å². The van der Waals surface area contributed by atoms with Gasteiger partial charge in [0, 0.05) is 31.7 Å². The van der Waals surface area contributed by atoms with Crippen LogP contribution in [0.4, 0.5) is 13.2 Å². The van der Waals surface area contributed by atoms with Crippen molar-refractivity contribution in [3.63, 3.8) is 0 Å². The molecule has 0 aromatic heterocycles. The van der Waals surface area contributed by atoms with Gasteiger partial charge in [-0.25, -0.2) is 4.99 Å². The fourth-order valence-corrected chi connectivity index (χ4v) is 2.51.